The highest BCUT2D eigenvalue weighted by atomic mass is 19.1. The molecule has 0 spiro atoms. The SMILES string of the molecule is OCCN(CCC(O)c1cc(F)cc(F)c1)C1CC1. The van der Waals surface area contributed by atoms with Crippen LogP contribution in [0.25, 0.3) is 0 Å². The Balaban J connectivity index is 1.90. The first-order valence-electron chi connectivity index (χ1n) is 6.59. The van der Waals surface area contributed by atoms with E-state index in [1.165, 1.54) is 0 Å². The smallest absolute Gasteiger partial charge is 0.126 e. The maximum atomic E-state index is 13.1. The normalized spacial score (nSPS) is 16.9. The fourth-order valence-electron chi connectivity index (χ4n) is 2.27. The Morgan fingerprint density at radius 2 is 1.79 bits per heavy atom. The minimum absolute atomic E-state index is 0.0845. The summed E-state index contributed by atoms with van der Waals surface area (Å²) in [5.41, 5.74) is 0.261. The predicted octanol–water partition coefficient (Wildman–Crippen LogP) is 1.84. The van der Waals surface area contributed by atoms with E-state index in [0.29, 0.717) is 25.6 Å². The van der Waals surface area contributed by atoms with Crippen LogP contribution in [0.2, 0.25) is 0 Å². The molecule has 0 bridgehead atoms. The quantitative estimate of drug-likeness (QED) is 0.795. The highest BCUT2D eigenvalue weighted by Crippen LogP contribution is 2.28. The molecule has 106 valence electrons. The first kappa shape index (κ1) is 14.4. The van der Waals surface area contributed by atoms with Gasteiger partial charge in [-0.25, -0.2) is 8.78 Å². The van der Waals surface area contributed by atoms with Gasteiger partial charge in [-0.15, -0.1) is 0 Å². The molecule has 0 amide bonds. The van der Waals surface area contributed by atoms with Crippen LogP contribution in [0.1, 0.15) is 30.9 Å². The molecule has 1 aromatic carbocycles. The Morgan fingerprint density at radius 1 is 1.16 bits per heavy atom. The van der Waals surface area contributed by atoms with E-state index in [0.717, 1.165) is 31.0 Å². The number of aliphatic hydroxyl groups excluding tert-OH is 2. The summed E-state index contributed by atoms with van der Waals surface area (Å²) in [6.45, 7) is 1.28. The molecule has 3 nitrogen and oxygen atoms in total. The summed E-state index contributed by atoms with van der Waals surface area (Å²) in [6.07, 6.45) is 1.75. The van der Waals surface area contributed by atoms with Gasteiger partial charge in [-0.3, -0.25) is 4.90 Å². The van der Waals surface area contributed by atoms with Crippen molar-refractivity contribution in [3.05, 3.63) is 35.4 Å². The average molecular weight is 271 g/mol. The topological polar surface area (TPSA) is 43.7 Å². The van der Waals surface area contributed by atoms with Crippen molar-refractivity contribution in [1.29, 1.82) is 0 Å². The number of rotatable bonds is 7. The second-order valence-electron chi connectivity index (χ2n) is 5.00. The molecule has 0 aromatic heterocycles. The van der Waals surface area contributed by atoms with E-state index in [4.69, 9.17) is 5.11 Å². The van der Waals surface area contributed by atoms with E-state index in [2.05, 4.69) is 4.90 Å². The van der Waals surface area contributed by atoms with Crippen LogP contribution in [-0.4, -0.2) is 40.9 Å². The third kappa shape index (κ3) is 4.23. The van der Waals surface area contributed by atoms with Crippen LogP contribution in [0.15, 0.2) is 18.2 Å². The van der Waals surface area contributed by atoms with Crippen LogP contribution in [0.4, 0.5) is 8.78 Å². The lowest BCUT2D eigenvalue weighted by atomic mass is 10.1. The molecule has 2 rings (SSSR count). The fourth-order valence-corrected chi connectivity index (χ4v) is 2.27. The number of nitrogens with zero attached hydrogens (tertiary/aromatic N) is 1. The van der Waals surface area contributed by atoms with E-state index in [1.807, 2.05) is 0 Å². The Hall–Kier alpha value is -1.04. The molecule has 1 aromatic rings. The van der Waals surface area contributed by atoms with Gasteiger partial charge in [0.1, 0.15) is 11.6 Å². The second-order valence-corrected chi connectivity index (χ2v) is 5.00. The first-order chi connectivity index (χ1) is 9.10. The summed E-state index contributed by atoms with van der Waals surface area (Å²) >= 11 is 0. The minimum atomic E-state index is -0.884. The number of hydrogen-bond donors (Lipinski definition) is 2. The lowest BCUT2D eigenvalue weighted by Gasteiger charge is -2.22. The van der Waals surface area contributed by atoms with Crippen molar-refractivity contribution < 1.29 is 19.0 Å². The van der Waals surface area contributed by atoms with Gasteiger partial charge in [0.05, 0.1) is 12.7 Å². The van der Waals surface area contributed by atoms with Crippen molar-refractivity contribution >= 4 is 0 Å². The molecule has 1 saturated carbocycles. The van der Waals surface area contributed by atoms with Crippen LogP contribution in [0.3, 0.4) is 0 Å². The van der Waals surface area contributed by atoms with E-state index in [9.17, 15) is 13.9 Å². The van der Waals surface area contributed by atoms with Crippen molar-refractivity contribution in [2.24, 2.45) is 0 Å². The van der Waals surface area contributed by atoms with Crippen LogP contribution in [-0.2, 0) is 0 Å². The standard InChI is InChI=1S/C14H19F2NO2/c15-11-7-10(8-12(16)9-11)14(19)3-4-17(5-6-18)13-1-2-13/h7-9,13-14,18-19H,1-6H2. The van der Waals surface area contributed by atoms with Crippen LogP contribution >= 0.6 is 0 Å². The van der Waals surface area contributed by atoms with Crippen LogP contribution in [0.5, 0.6) is 0 Å². The summed E-state index contributed by atoms with van der Waals surface area (Å²) in [7, 11) is 0. The molecule has 19 heavy (non-hydrogen) atoms. The Morgan fingerprint density at radius 3 is 2.32 bits per heavy atom. The van der Waals surface area contributed by atoms with Gasteiger partial charge in [-0.05, 0) is 37.0 Å². The fraction of sp³-hybridized carbons (Fsp3) is 0.571. The van der Waals surface area contributed by atoms with E-state index >= 15 is 0 Å². The molecular formula is C14H19F2NO2. The number of benzene rings is 1. The Bertz CT molecular complexity index is 404. The van der Waals surface area contributed by atoms with Gasteiger partial charge in [-0.1, -0.05) is 0 Å². The maximum Gasteiger partial charge on any atom is 0.126 e. The molecule has 5 heteroatoms. The highest BCUT2D eigenvalue weighted by molar-refractivity contribution is 5.20. The van der Waals surface area contributed by atoms with Gasteiger partial charge in [0.2, 0.25) is 0 Å². The zero-order valence-electron chi connectivity index (χ0n) is 10.7. The van der Waals surface area contributed by atoms with Gasteiger partial charge in [-0.2, -0.15) is 0 Å². The monoisotopic (exact) mass is 271 g/mol. The highest BCUT2D eigenvalue weighted by Gasteiger charge is 2.28. The van der Waals surface area contributed by atoms with Crippen molar-refractivity contribution in [2.75, 3.05) is 19.7 Å². The van der Waals surface area contributed by atoms with E-state index < -0.39 is 17.7 Å². The van der Waals surface area contributed by atoms with Crippen molar-refractivity contribution in [3.8, 4) is 0 Å². The molecule has 1 unspecified atom stereocenters. The Labute approximate surface area is 111 Å². The zero-order valence-corrected chi connectivity index (χ0v) is 10.7. The summed E-state index contributed by atoms with van der Waals surface area (Å²) in [4.78, 5) is 2.11. The summed E-state index contributed by atoms with van der Waals surface area (Å²) in [6, 6.07) is 3.59. The lowest BCUT2D eigenvalue weighted by molar-refractivity contribution is 0.127. The number of halogens is 2. The van der Waals surface area contributed by atoms with Gasteiger partial charge in [0.15, 0.2) is 0 Å². The van der Waals surface area contributed by atoms with Gasteiger partial charge in [0.25, 0.3) is 0 Å². The van der Waals surface area contributed by atoms with Gasteiger partial charge >= 0.3 is 0 Å². The molecule has 1 aliphatic carbocycles. The third-order valence-electron chi connectivity index (χ3n) is 3.41. The van der Waals surface area contributed by atoms with Crippen molar-refractivity contribution in [2.45, 2.75) is 31.4 Å². The van der Waals surface area contributed by atoms with Crippen molar-refractivity contribution in [1.82, 2.24) is 4.90 Å². The number of aliphatic hydroxyl groups is 2. The lowest BCUT2D eigenvalue weighted by Crippen LogP contribution is -2.31. The second kappa shape index (κ2) is 6.41. The Kier molecular flexibility index (Phi) is 4.85. The van der Waals surface area contributed by atoms with Crippen LogP contribution < -0.4 is 0 Å². The minimum Gasteiger partial charge on any atom is -0.395 e. The summed E-state index contributed by atoms with van der Waals surface area (Å²) in [5.74, 6) is -1.35. The molecule has 0 saturated heterocycles. The van der Waals surface area contributed by atoms with Gasteiger partial charge < -0.3 is 10.2 Å². The van der Waals surface area contributed by atoms with Crippen molar-refractivity contribution in [3.63, 3.8) is 0 Å². The van der Waals surface area contributed by atoms with Gasteiger partial charge in [0, 0.05) is 25.2 Å². The molecule has 2 N–H and O–H groups in total. The maximum absolute atomic E-state index is 13.1. The summed E-state index contributed by atoms with van der Waals surface area (Å²) < 4.78 is 26.1. The molecule has 0 radical (unpaired) electrons. The largest absolute Gasteiger partial charge is 0.395 e. The molecule has 1 aliphatic rings. The molecule has 1 atom stereocenters. The molecule has 1 fully saturated rings. The third-order valence-corrected chi connectivity index (χ3v) is 3.41. The molecule has 0 heterocycles. The van der Waals surface area contributed by atoms with E-state index in [-0.39, 0.29) is 12.2 Å². The van der Waals surface area contributed by atoms with Crippen LogP contribution in [0, 0.1) is 11.6 Å². The summed E-state index contributed by atoms with van der Waals surface area (Å²) in [5, 5.41) is 18.9. The molecular weight excluding hydrogens is 252 g/mol. The number of hydrogen-bond acceptors (Lipinski definition) is 3. The zero-order chi connectivity index (χ0) is 13.8. The predicted molar refractivity (Wildman–Crippen MR) is 67.6 cm³/mol. The molecule has 0 aliphatic heterocycles. The first-order valence-corrected chi connectivity index (χ1v) is 6.59. The average Bonchev–Trinajstić information content (AvgIpc) is 3.17. The van der Waals surface area contributed by atoms with E-state index in [1.54, 1.807) is 0 Å².